The number of carbonyl (C=O) groups is 2. The fourth-order valence-corrected chi connectivity index (χ4v) is 2.80. The zero-order chi connectivity index (χ0) is 13.8. The summed E-state index contributed by atoms with van der Waals surface area (Å²) < 4.78 is 0. The van der Waals surface area contributed by atoms with Crippen molar-refractivity contribution in [3.05, 3.63) is 29.3 Å². The number of hydrogen-bond donors (Lipinski definition) is 1. The second-order valence-corrected chi connectivity index (χ2v) is 5.76. The number of rotatable bonds is 4. The highest BCUT2D eigenvalue weighted by Gasteiger charge is 2.21. The molecule has 0 saturated carbocycles. The fraction of sp³-hybridized carbons (Fsp3) is 0.429. The molecule has 2 rings (SSSR count). The van der Waals surface area contributed by atoms with E-state index in [-0.39, 0.29) is 11.1 Å². The maximum atomic E-state index is 11.9. The smallest absolute Gasteiger partial charge is 0.281 e. The Morgan fingerprint density at radius 1 is 1.42 bits per heavy atom. The highest BCUT2D eigenvalue weighted by molar-refractivity contribution is 8.13. The van der Waals surface area contributed by atoms with E-state index in [2.05, 4.69) is 5.32 Å². The van der Waals surface area contributed by atoms with E-state index >= 15 is 0 Å². The molecule has 4 nitrogen and oxygen atoms in total. The molecule has 19 heavy (non-hydrogen) atoms. The van der Waals surface area contributed by atoms with Crippen LogP contribution in [0.3, 0.4) is 0 Å². The van der Waals surface area contributed by atoms with Crippen molar-refractivity contribution in [2.45, 2.75) is 20.3 Å². The highest BCUT2D eigenvalue weighted by atomic mass is 32.2. The van der Waals surface area contributed by atoms with Gasteiger partial charge in [-0.25, -0.2) is 0 Å². The maximum Gasteiger partial charge on any atom is 0.281 e. The van der Waals surface area contributed by atoms with E-state index in [1.54, 1.807) is 4.90 Å². The molecule has 0 aromatic heterocycles. The van der Waals surface area contributed by atoms with E-state index in [1.165, 1.54) is 11.8 Å². The third kappa shape index (κ3) is 3.73. The van der Waals surface area contributed by atoms with Gasteiger partial charge >= 0.3 is 0 Å². The zero-order valence-electron chi connectivity index (χ0n) is 11.2. The molecule has 1 aliphatic rings. The molecular formula is C14H18N2O2S. The van der Waals surface area contributed by atoms with Crippen molar-refractivity contribution in [3.63, 3.8) is 0 Å². The van der Waals surface area contributed by atoms with Crippen LogP contribution >= 0.6 is 11.8 Å². The summed E-state index contributed by atoms with van der Waals surface area (Å²) in [6.07, 6.45) is 0.347. The van der Waals surface area contributed by atoms with Crippen molar-refractivity contribution in [3.8, 4) is 0 Å². The molecule has 0 spiro atoms. The summed E-state index contributed by atoms with van der Waals surface area (Å²) in [5.41, 5.74) is 3.02. The Labute approximate surface area is 117 Å². The first-order chi connectivity index (χ1) is 9.06. The van der Waals surface area contributed by atoms with Gasteiger partial charge in [0.1, 0.15) is 0 Å². The lowest BCUT2D eigenvalue weighted by Gasteiger charge is -2.14. The first-order valence-corrected chi connectivity index (χ1v) is 7.33. The van der Waals surface area contributed by atoms with E-state index in [1.807, 2.05) is 32.0 Å². The van der Waals surface area contributed by atoms with Gasteiger partial charge in [-0.05, 0) is 31.0 Å². The number of carbonyl (C=O) groups excluding carboxylic acids is 2. The fourth-order valence-electron chi connectivity index (χ4n) is 1.95. The molecule has 1 saturated heterocycles. The van der Waals surface area contributed by atoms with Gasteiger partial charge in [0.05, 0.1) is 0 Å². The zero-order valence-corrected chi connectivity index (χ0v) is 12.0. The largest absolute Gasteiger partial charge is 0.332 e. The Hall–Kier alpha value is -1.49. The second-order valence-electron chi connectivity index (χ2n) is 4.72. The monoisotopic (exact) mass is 278 g/mol. The maximum absolute atomic E-state index is 11.9. The quantitative estimate of drug-likeness (QED) is 0.921. The van der Waals surface area contributed by atoms with Crippen LogP contribution in [-0.4, -0.2) is 34.9 Å². The summed E-state index contributed by atoms with van der Waals surface area (Å²) in [6.45, 7) is 5.22. The van der Waals surface area contributed by atoms with E-state index in [4.69, 9.17) is 0 Å². The molecule has 0 atom stereocenters. The lowest BCUT2D eigenvalue weighted by atomic mass is 10.1. The van der Waals surface area contributed by atoms with Crippen LogP contribution in [0.25, 0.3) is 0 Å². The van der Waals surface area contributed by atoms with E-state index < -0.39 is 0 Å². The Morgan fingerprint density at radius 3 is 2.89 bits per heavy atom. The number of anilines is 1. The normalized spacial score (nSPS) is 14.8. The van der Waals surface area contributed by atoms with Crippen LogP contribution in [0.2, 0.25) is 0 Å². The molecule has 0 unspecified atom stereocenters. The van der Waals surface area contributed by atoms with E-state index in [0.717, 1.165) is 29.1 Å². The summed E-state index contributed by atoms with van der Waals surface area (Å²) in [5.74, 6) is 0.788. The molecule has 1 heterocycles. The van der Waals surface area contributed by atoms with Gasteiger partial charge in [-0.2, -0.15) is 0 Å². The number of amides is 2. The van der Waals surface area contributed by atoms with Crippen molar-refractivity contribution in [1.29, 1.82) is 0 Å². The SMILES string of the molecule is Cc1ccc(C)c(NC(=O)CCN2CCSC2=O)c1. The van der Waals surface area contributed by atoms with Crippen LogP contribution < -0.4 is 5.32 Å². The first-order valence-electron chi connectivity index (χ1n) is 6.35. The number of thioether (sulfide) groups is 1. The Kier molecular flexibility index (Phi) is 4.47. The number of nitrogens with zero attached hydrogens (tertiary/aromatic N) is 1. The van der Waals surface area contributed by atoms with Gasteiger partial charge < -0.3 is 10.2 Å². The molecule has 5 heteroatoms. The number of aryl methyl sites for hydroxylation is 2. The van der Waals surface area contributed by atoms with E-state index in [9.17, 15) is 9.59 Å². The highest BCUT2D eigenvalue weighted by Crippen LogP contribution is 2.18. The van der Waals surface area contributed by atoms with Crippen LogP contribution in [0.5, 0.6) is 0 Å². The standard InChI is InChI=1S/C14H18N2O2S/c1-10-3-4-11(2)12(9-10)15-13(17)5-6-16-7-8-19-14(16)18/h3-4,9H,5-8H2,1-2H3,(H,15,17). The lowest BCUT2D eigenvalue weighted by Crippen LogP contribution is -2.27. The second kappa shape index (κ2) is 6.10. The molecule has 1 N–H and O–H groups in total. The Morgan fingerprint density at radius 2 is 2.21 bits per heavy atom. The molecule has 0 aliphatic carbocycles. The van der Waals surface area contributed by atoms with Gasteiger partial charge in [-0.3, -0.25) is 9.59 Å². The van der Waals surface area contributed by atoms with Crippen molar-refractivity contribution >= 4 is 28.6 Å². The average molecular weight is 278 g/mol. The molecule has 102 valence electrons. The summed E-state index contributed by atoms with van der Waals surface area (Å²) in [7, 11) is 0. The predicted octanol–water partition coefficient (Wildman–Crippen LogP) is 2.80. The van der Waals surface area contributed by atoms with Crippen LogP contribution in [-0.2, 0) is 4.79 Å². The summed E-state index contributed by atoms with van der Waals surface area (Å²) >= 11 is 1.32. The molecule has 1 aliphatic heterocycles. The lowest BCUT2D eigenvalue weighted by molar-refractivity contribution is -0.116. The van der Waals surface area contributed by atoms with Crippen LogP contribution in [0.1, 0.15) is 17.5 Å². The van der Waals surface area contributed by atoms with Crippen molar-refractivity contribution in [1.82, 2.24) is 4.90 Å². The summed E-state index contributed by atoms with van der Waals surface area (Å²) in [6, 6.07) is 5.97. The summed E-state index contributed by atoms with van der Waals surface area (Å²) in [4.78, 5) is 25.0. The molecule has 0 radical (unpaired) electrons. The van der Waals surface area contributed by atoms with Gasteiger partial charge in [-0.1, -0.05) is 23.9 Å². The van der Waals surface area contributed by atoms with Crippen LogP contribution in [0.4, 0.5) is 10.5 Å². The molecule has 0 bridgehead atoms. The Balaban J connectivity index is 1.87. The van der Waals surface area contributed by atoms with Crippen molar-refractivity contribution < 1.29 is 9.59 Å². The minimum atomic E-state index is -0.0431. The van der Waals surface area contributed by atoms with Gasteiger partial charge in [-0.15, -0.1) is 0 Å². The van der Waals surface area contributed by atoms with Crippen LogP contribution in [0, 0.1) is 13.8 Å². The topological polar surface area (TPSA) is 49.4 Å². The molecule has 1 aromatic rings. The first kappa shape index (κ1) is 13.9. The third-order valence-corrected chi connectivity index (χ3v) is 4.01. The van der Waals surface area contributed by atoms with Gasteiger partial charge in [0, 0.05) is 31.0 Å². The average Bonchev–Trinajstić information content (AvgIpc) is 2.77. The van der Waals surface area contributed by atoms with Gasteiger partial charge in [0.15, 0.2) is 0 Å². The molecular weight excluding hydrogens is 260 g/mol. The van der Waals surface area contributed by atoms with Crippen molar-refractivity contribution in [2.75, 3.05) is 24.2 Å². The van der Waals surface area contributed by atoms with Gasteiger partial charge in [0.25, 0.3) is 5.24 Å². The Bertz CT molecular complexity index is 502. The molecule has 2 amide bonds. The van der Waals surface area contributed by atoms with E-state index in [0.29, 0.717) is 13.0 Å². The van der Waals surface area contributed by atoms with Crippen molar-refractivity contribution in [2.24, 2.45) is 0 Å². The number of benzene rings is 1. The van der Waals surface area contributed by atoms with Gasteiger partial charge in [0.2, 0.25) is 5.91 Å². The molecule has 1 aromatic carbocycles. The number of hydrogen-bond acceptors (Lipinski definition) is 3. The summed E-state index contributed by atoms with van der Waals surface area (Å²) in [5, 5.41) is 2.99. The third-order valence-electron chi connectivity index (χ3n) is 3.12. The molecule has 1 fully saturated rings. The minimum absolute atomic E-state index is 0.0431. The minimum Gasteiger partial charge on any atom is -0.332 e. The predicted molar refractivity (Wildman–Crippen MR) is 78.6 cm³/mol. The number of nitrogens with one attached hydrogen (secondary N) is 1. The van der Waals surface area contributed by atoms with Crippen LogP contribution in [0.15, 0.2) is 18.2 Å².